The van der Waals surface area contributed by atoms with E-state index < -0.39 is 478 Å². The van der Waals surface area contributed by atoms with Crippen LogP contribution in [0.2, 0.25) is 0 Å². The van der Waals surface area contributed by atoms with Gasteiger partial charge in [-0.05, 0) is 325 Å². The average molecular weight is 2010 g/mol. The molecule has 6 saturated heterocycles. The normalized spacial score (nSPS) is 56.0. The highest BCUT2D eigenvalue weighted by molar-refractivity contribution is 5.55. The maximum atomic E-state index is 11.5. The summed E-state index contributed by atoms with van der Waals surface area (Å²) in [5.41, 5.74) is -8.21. The van der Waals surface area contributed by atoms with E-state index in [1.165, 1.54) is 42.3 Å². The number of nitrogens with zero attached hydrogens (tertiary/aromatic N) is 6. The molecule has 0 saturated carbocycles. The van der Waals surface area contributed by atoms with Crippen molar-refractivity contribution < 1.29 is 209 Å². The van der Waals surface area contributed by atoms with Gasteiger partial charge in [-0.25, -0.2) is 0 Å². The van der Waals surface area contributed by atoms with Gasteiger partial charge in [-0.1, -0.05) is 82.9 Å². The highest BCUT2D eigenvalue weighted by atomic mass is 16.5. The van der Waals surface area contributed by atoms with E-state index in [1.54, 1.807) is 27.7 Å². The summed E-state index contributed by atoms with van der Waals surface area (Å²) in [5.74, 6) is -36.0. The first kappa shape index (κ1) is 40.8. The van der Waals surface area contributed by atoms with Gasteiger partial charge in [0.1, 0.15) is 0 Å². The summed E-state index contributed by atoms with van der Waals surface area (Å²) in [6.07, 6.45) is -74.6. The minimum atomic E-state index is -4.54. The Bertz CT molecular complexity index is 9270. The van der Waals surface area contributed by atoms with Gasteiger partial charge < -0.3 is 87.5 Å². The molecule has 21 unspecified atom stereocenters. The molecular weight excluding hydrogens is 1740 g/mol. The van der Waals surface area contributed by atoms with Crippen LogP contribution in [0.4, 0.5) is 0 Å². The average Bonchev–Trinajstić information content (AvgIpc) is 0.632. The third kappa shape index (κ3) is 25.4. The summed E-state index contributed by atoms with van der Waals surface area (Å²) in [7, 11) is 1.11. The van der Waals surface area contributed by atoms with E-state index in [0.717, 1.165) is 96.2 Å². The Kier molecular flexibility index (Phi) is 14.5. The largest absolute Gasteiger partial charge is 0.493 e. The molecule has 0 amide bonds. The predicted molar refractivity (Wildman–Crippen MR) is 547 cm³/mol. The van der Waals surface area contributed by atoms with Crippen molar-refractivity contribution >= 4 is 0 Å². The summed E-state index contributed by atoms with van der Waals surface area (Å²) >= 11 is 0. The Morgan fingerprint density at radius 1 is 0.297 bits per heavy atom. The minimum Gasteiger partial charge on any atom is -0.493 e. The van der Waals surface area contributed by atoms with E-state index >= 15 is 0 Å². The number of aryl methyl sites for hydroxylation is 6. The Balaban J connectivity index is 0.000000216. The predicted octanol–water partition coefficient (Wildman–Crippen LogP) is 18.2. The SMILES string of the molecule is [2H]C([2H])([2H])C([2H])(C)C([2H])([2H])C1([2H])C([2H])([2H])N2C([2H])([2H])C([2H])([2H])c3cc(OC)c(OC)cc3C2([2H])C([2H])([2H])C1([2H])O.[2H]C([2H])([2H])Oc1cc2c(cc1OC)C([2H])([2H])C([2H])([2H])N1C([2H])([2H])C([2H])(C([2H])([2H])C([2H])(C)C([2H])([2H])[2H])C([2H])(O)C([2H])([2H])C21[2H].[2H]C([2H])([2H])Oc1cc2c(cc1OC)C([2H])([2H])C([2H])([2H])N1C([2H])([2H])C([2H])(CC(C)C)C([2H])(O)C([2H])([2H])C21[2H].[2H]C([2H])([2H])Oc1cc2c(cc1OC)C([2H])([2H])C([2H])([2H])N1C2([2H])CC(O)C(C([2H])([2H])C([2H])(C)C([2H])([2H])[2H])C1([2H])[2H].[2H]C1([2H])c2cc(OC)c(OC)cc2C2([2H])N(C1([2H])[2H])C([2H])([2H])C([2H])(CC(C)C)C([2H])(O)C2([2H])[2H].[2H]C1([2H])c2cc(OC)c(OC)cc2C2([2H])N(C1([2H])[2H])C([2H])([2H])C([2H])(CC(C)C)C([2H])(O)C2([2H])[2H]. The minimum absolute atomic E-state index is 0.0341. The molecule has 768 valence electrons. The van der Waals surface area contributed by atoms with Crippen molar-refractivity contribution in [1.29, 1.82) is 0 Å². The van der Waals surface area contributed by atoms with Crippen LogP contribution in [0.15, 0.2) is 72.8 Å². The van der Waals surface area contributed by atoms with Crippen LogP contribution in [0.3, 0.4) is 0 Å². The summed E-state index contributed by atoms with van der Waals surface area (Å²) in [6, 6.07) is -9.49. The molecule has 0 radical (unpaired) electrons. The molecule has 24 heteroatoms. The lowest BCUT2D eigenvalue weighted by Crippen LogP contribution is -2.48. The second kappa shape index (κ2) is 49.1. The first-order valence-corrected chi connectivity index (χ1v) is 42.5. The number of ether oxygens (including phenoxy) is 12. The molecule has 0 aromatic heterocycles. The van der Waals surface area contributed by atoms with Crippen molar-refractivity contribution in [3.63, 3.8) is 0 Å². The molecular formula is C114H174N6O18. The number of aliphatic hydroxyl groups is 6. The highest BCUT2D eigenvalue weighted by Crippen LogP contribution is 2.52. The third-order valence-electron chi connectivity index (χ3n) is 21.2. The van der Waals surface area contributed by atoms with Crippen molar-refractivity contribution in [2.45, 2.75) is 270 Å². The van der Waals surface area contributed by atoms with E-state index in [2.05, 4.69) is 0 Å². The fraction of sp³-hybridized carbons (Fsp3) is 0.684. The molecule has 0 bridgehead atoms. The van der Waals surface area contributed by atoms with Crippen molar-refractivity contribution in [1.82, 2.24) is 29.4 Å². The Hall–Kier alpha value is -7.56. The number of benzene rings is 6. The Labute approximate surface area is 952 Å². The van der Waals surface area contributed by atoms with Gasteiger partial charge in [0.2, 0.25) is 0 Å². The van der Waals surface area contributed by atoms with Crippen molar-refractivity contribution in [3.8, 4) is 69.0 Å². The van der Waals surface area contributed by atoms with Crippen LogP contribution in [-0.4, -0.2) is 260 Å². The quantitative estimate of drug-likeness (QED) is 0.0329. The van der Waals surface area contributed by atoms with Crippen molar-refractivity contribution in [2.24, 2.45) is 70.8 Å². The van der Waals surface area contributed by atoms with E-state index in [9.17, 15) is 38.9 Å². The van der Waals surface area contributed by atoms with Crippen LogP contribution in [-0.2, 0) is 38.2 Å². The van der Waals surface area contributed by atoms with E-state index in [4.69, 9.17) is 171 Å². The second-order valence-electron chi connectivity index (χ2n) is 32.4. The molecule has 21 atom stereocenters. The zero-order valence-electron chi connectivity index (χ0n) is 167. The molecule has 18 rings (SSSR count). The van der Waals surface area contributed by atoms with E-state index in [1.807, 2.05) is 0 Å². The summed E-state index contributed by atoms with van der Waals surface area (Å²) < 4.78 is 816. The summed E-state index contributed by atoms with van der Waals surface area (Å²) in [6.45, 7) is -43.7. The molecule has 24 nitrogen and oxygen atoms in total. The zero-order chi connectivity index (χ0) is 179. The molecule has 12 aliphatic rings. The standard InChI is InChI=1S/6C19H29NO3/c6*1-12(2)7-14-11-20-6-5-13-8-18(22-3)19(23-4)9-15(13)16(20)10-17(14)21/h6*8-9,12,14,16-17,21H,5-7,10-11H2,1-4H3/i1D3,4D3,5D2,6D2,7D2,10D2,11D2,12D,14D,16D,17D;1D3,5D2,6D2,7D2,10D2,11D2,12D,14D,16D,17D;4D3,5D2,6D2,10D2,11D2,14D,16D,17D;1D3,4D3,5D2,6D2,7D2,11D2,12D,16D;2*5D2,6D2,10D2,11D2,14D,16D,17D. The lowest BCUT2D eigenvalue weighted by Gasteiger charge is -2.46. The van der Waals surface area contributed by atoms with Crippen LogP contribution in [0.5, 0.6) is 69.0 Å². The number of hydrogen-bond donors (Lipinski definition) is 6. The lowest BCUT2D eigenvalue weighted by molar-refractivity contribution is -0.0192. The smallest absolute Gasteiger partial charge is 0.161 e. The number of aliphatic hydroxyl groups excluding tert-OH is 1. The molecule has 6 N–H and O–H groups in total. The fourth-order valence-electron chi connectivity index (χ4n) is 14.9. The Morgan fingerprint density at radius 2 is 0.500 bits per heavy atom. The van der Waals surface area contributed by atoms with Crippen LogP contribution < -0.4 is 56.8 Å². The maximum absolute atomic E-state index is 11.5. The highest BCUT2D eigenvalue weighted by Gasteiger charge is 2.47. The molecule has 138 heavy (non-hydrogen) atoms. The van der Waals surface area contributed by atoms with Crippen LogP contribution in [0.1, 0.15) is 384 Å². The van der Waals surface area contributed by atoms with Gasteiger partial charge in [0, 0.05) is 209 Å². The van der Waals surface area contributed by atoms with Gasteiger partial charge in [-0.2, -0.15) is 0 Å². The monoisotopic (exact) mass is 2000 g/mol. The van der Waals surface area contributed by atoms with Crippen LogP contribution in [0.25, 0.3) is 0 Å². The summed E-state index contributed by atoms with van der Waals surface area (Å²) in [4.78, 5) is -0.889. The molecule has 12 aliphatic heterocycles. The van der Waals surface area contributed by atoms with Crippen LogP contribution >= 0.6 is 0 Å². The lowest BCUT2D eigenvalue weighted by atomic mass is 9.79. The van der Waals surface area contributed by atoms with Gasteiger partial charge >= 0.3 is 0 Å². The zero-order valence-corrected chi connectivity index (χ0v) is 78.4. The maximum Gasteiger partial charge on any atom is 0.161 e. The van der Waals surface area contributed by atoms with Gasteiger partial charge in [0.05, 0.1) is 149 Å². The van der Waals surface area contributed by atoms with Gasteiger partial charge in [-0.3, -0.25) is 29.4 Å². The number of methoxy groups -OCH3 is 12. The van der Waals surface area contributed by atoms with Gasteiger partial charge in [0.15, 0.2) is 69.0 Å². The van der Waals surface area contributed by atoms with Crippen LogP contribution in [0, 0.1) is 70.8 Å². The molecule has 0 aliphatic carbocycles. The molecule has 0 spiro atoms. The van der Waals surface area contributed by atoms with E-state index in [0.29, 0.717) is 32.9 Å². The van der Waals surface area contributed by atoms with Crippen molar-refractivity contribution in [2.75, 3.05) is 163 Å². The first-order chi connectivity index (χ1) is 99.8. The molecule has 6 aromatic carbocycles. The molecule has 6 aromatic rings. The number of hydrogen-bond acceptors (Lipinski definition) is 24. The number of piperidine rings is 6. The molecule has 12 heterocycles. The first-order valence-electron chi connectivity index (χ1n) is 87.0. The van der Waals surface area contributed by atoms with E-state index in [-0.39, 0.29) is 65.6 Å². The summed E-state index contributed by atoms with van der Waals surface area (Å²) in [5, 5.41) is 67.6. The van der Waals surface area contributed by atoms with Gasteiger partial charge in [-0.15, -0.1) is 0 Å². The number of fused-ring (bicyclic) bond motifs is 18. The van der Waals surface area contributed by atoms with Gasteiger partial charge in [0.25, 0.3) is 0 Å². The number of rotatable bonds is 24. The second-order valence-corrected chi connectivity index (χ2v) is 32.4. The Morgan fingerprint density at radius 3 is 0.725 bits per heavy atom. The topological polar surface area (TPSA) is 252 Å². The third-order valence-corrected chi connectivity index (χ3v) is 21.2. The molecule has 6 fully saturated rings. The fourth-order valence-corrected chi connectivity index (χ4v) is 14.9. The van der Waals surface area contributed by atoms with Crippen molar-refractivity contribution in [3.05, 3.63) is 140 Å².